The van der Waals surface area contributed by atoms with E-state index in [9.17, 15) is 2.74 Å². The van der Waals surface area contributed by atoms with E-state index in [2.05, 4.69) is 62.1 Å². The second kappa shape index (κ2) is 15.0. The summed E-state index contributed by atoms with van der Waals surface area (Å²) in [6.45, 7) is 1.00. The Hall–Kier alpha value is -5.93. The first kappa shape index (κ1) is 26.9. The number of hydrogen-bond donors (Lipinski definition) is 0. The molecule has 1 aliphatic rings. The third-order valence-corrected chi connectivity index (χ3v) is 10.3. The van der Waals surface area contributed by atoms with E-state index in [1.54, 1.807) is 47.4 Å². The largest absolute Gasteiger partial charge is 2.00 e. The van der Waals surface area contributed by atoms with Crippen LogP contribution in [0.25, 0.3) is 38.8 Å². The van der Waals surface area contributed by atoms with Crippen molar-refractivity contribution in [3.63, 3.8) is 0 Å². The fourth-order valence-electron chi connectivity index (χ4n) is 7.69. The normalized spacial score (nSPS) is 16.5. The fraction of sp³-hybridized carbons (Fsp3) is 0.212. The summed E-state index contributed by atoms with van der Waals surface area (Å²) in [6, 6.07) is 30.6. The van der Waals surface area contributed by atoms with Crippen LogP contribution in [0.4, 0.5) is 22.7 Å². The number of nitrogens with zero attached hydrogens (tertiary/aromatic N) is 5. The molecule has 3 aromatic heterocycles. The van der Waals surface area contributed by atoms with Crippen molar-refractivity contribution in [2.24, 2.45) is 0 Å². The molecule has 8 aromatic rings. The Kier molecular flexibility index (Phi) is 6.86. The first-order valence-electron chi connectivity index (χ1n) is 25.3. The van der Waals surface area contributed by atoms with Crippen LogP contribution < -0.4 is 13.9 Å². The summed E-state index contributed by atoms with van der Waals surface area (Å²) in [4.78, 5) is 9.23. The van der Waals surface area contributed by atoms with Gasteiger partial charge in [-0.25, -0.2) is 4.98 Å². The maximum atomic E-state index is 9.23. The molecule has 0 saturated carbocycles. The van der Waals surface area contributed by atoms with Crippen molar-refractivity contribution in [3.05, 3.63) is 162 Å². The Morgan fingerprint density at radius 1 is 0.746 bits per heavy atom. The molecule has 1 aliphatic heterocycles. The number of hydrogen-bond acceptors (Lipinski definition) is 3. The van der Waals surface area contributed by atoms with E-state index in [1.165, 1.54) is 4.58 Å². The number of fused-ring (bicyclic) bond motifs is 4. The molecule has 0 N–H and O–H groups in total. The average Bonchev–Trinajstić information content (AvgIpc) is 3.81. The van der Waals surface area contributed by atoms with E-state index >= 15 is 0 Å². The molecule has 0 bridgehead atoms. The third kappa shape index (κ3) is 7.37. The van der Waals surface area contributed by atoms with Crippen molar-refractivity contribution < 1.29 is 43.6 Å². The Morgan fingerprint density at radius 3 is 2.19 bits per heavy atom. The maximum Gasteiger partial charge on any atom is 2.00 e. The molecule has 0 unspecified atom stereocenters. The van der Waals surface area contributed by atoms with Gasteiger partial charge in [-0.05, 0) is 87.6 Å². The van der Waals surface area contributed by atoms with Crippen LogP contribution >= 0.6 is 0 Å². The number of para-hydroxylation sites is 2. The van der Waals surface area contributed by atoms with E-state index in [1.807, 2.05) is 61.7 Å². The van der Waals surface area contributed by atoms with Gasteiger partial charge in [0.2, 0.25) is 5.69 Å². The summed E-state index contributed by atoms with van der Waals surface area (Å²) in [5.74, 6) is 1.33. The minimum absolute atomic E-state index is 0. The molecule has 294 valence electrons. The van der Waals surface area contributed by atoms with E-state index in [0.29, 0.717) is 34.1 Å². The van der Waals surface area contributed by atoms with Crippen LogP contribution in [0.3, 0.4) is 0 Å². The van der Waals surface area contributed by atoms with Gasteiger partial charge in [-0.2, -0.15) is 6.07 Å². The van der Waals surface area contributed by atoms with Crippen molar-refractivity contribution in [1.29, 1.82) is 0 Å². The number of aromatic nitrogens is 3. The van der Waals surface area contributed by atoms with Gasteiger partial charge in [0.1, 0.15) is 11.5 Å². The van der Waals surface area contributed by atoms with Crippen LogP contribution in [0.15, 0.2) is 122 Å². The minimum Gasteiger partial charge on any atom is -0.509 e. The molecule has 0 radical (unpaired) electrons. The van der Waals surface area contributed by atoms with Gasteiger partial charge in [-0.1, -0.05) is 105 Å². The number of ether oxygens (including phenoxy) is 1. The summed E-state index contributed by atoms with van der Waals surface area (Å²) < 4.78 is 123. The summed E-state index contributed by atoms with van der Waals surface area (Å²) in [5, 5.41) is 1.86. The molecule has 59 heavy (non-hydrogen) atoms. The summed E-state index contributed by atoms with van der Waals surface area (Å²) >= 11 is 0. The van der Waals surface area contributed by atoms with Crippen LogP contribution in [0.2, 0.25) is 0 Å². The Labute approximate surface area is 379 Å². The average molecular weight is 966 g/mol. The second-order valence-corrected chi connectivity index (χ2v) is 15.7. The Morgan fingerprint density at radius 2 is 1.47 bits per heavy atom. The van der Waals surface area contributed by atoms with Gasteiger partial charge in [0.15, 0.2) is 0 Å². The van der Waals surface area contributed by atoms with E-state index in [-0.39, 0.29) is 32.2 Å². The second-order valence-electron chi connectivity index (χ2n) is 15.7. The van der Waals surface area contributed by atoms with Crippen molar-refractivity contribution in [1.82, 2.24) is 23.7 Å². The van der Waals surface area contributed by atoms with Crippen molar-refractivity contribution >= 4 is 50.6 Å². The number of aryl methyl sites for hydroxylation is 3. The molecule has 0 atom stereocenters. The van der Waals surface area contributed by atoms with Gasteiger partial charge in [0.05, 0.1) is 17.2 Å². The maximum absolute atomic E-state index is 9.23. The smallest absolute Gasteiger partial charge is 0.509 e. The van der Waals surface area contributed by atoms with E-state index < -0.39 is 61.4 Å². The van der Waals surface area contributed by atoms with E-state index in [0.717, 1.165) is 49.7 Å². The van der Waals surface area contributed by atoms with Gasteiger partial charge in [-0.15, -0.1) is 29.1 Å². The van der Waals surface area contributed by atoms with Crippen LogP contribution in [0.5, 0.6) is 11.5 Å². The number of rotatable bonds is 6. The monoisotopic (exact) mass is 965 g/mol. The first-order chi connectivity index (χ1) is 33.1. The standard InChI is InChI=1S/C52H47N5O.Pt/c1-33-24-34(2)50(35(3)25-33)36-26-40(56-32-55(45-12-10-11-13-46(45)56)39-16-14-37(15-17-39)51(4,5)6)29-42(27-36)58-41-18-19-43-44-21-22-53-31-48(44)57(47(43)30-41)49-28-38(20-23-54-49)52(7,8)9;/h10-28,31H,1-9H3;/q;+2/i4D3,5D3,6D3,14D,15D,16D,17D;. The van der Waals surface area contributed by atoms with Crippen molar-refractivity contribution in [2.75, 3.05) is 0 Å². The summed E-state index contributed by atoms with van der Waals surface area (Å²) in [5.41, 5.74) is 2.91. The Bertz CT molecular complexity index is 3510. The first-order valence-corrected chi connectivity index (χ1v) is 18.8. The molecule has 0 saturated heterocycles. The summed E-state index contributed by atoms with van der Waals surface area (Å²) in [7, 11) is 0. The molecular weight excluding hydrogens is 906 g/mol. The zero-order valence-electron chi connectivity index (χ0n) is 46.2. The molecule has 0 amide bonds. The van der Waals surface area contributed by atoms with Crippen LogP contribution in [0.1, 0.15) is 87.0 Å². The quantitative estimate of drug-likeness (QED) is 0.123. The van der Waals surface area contributed by atoms with Crippen LogP contribution in [0, 0.1) is 32.9 Å². The van der Waals surface area contributed by atoms with E-state index in [4.69, 9.17) is 24.8 Å². The van der Waals surface area contributed by atoms with Crippen molar-refractivity contribution in [2.45, 2.75) is 72.9 Å². The van der Waals surface area contributed by atoms with Gasteiger partial charge in [0, 0.05) is 60.4 Å². The Balaban J connectivity index is 0.00000693. The number of benzene rings is 5. The fourth-order valence-corrected chi connectivity index (χ4v) is 7.69. The minimum atomic E-state index is -3.83. The number of pyridine rings is 2. The van der Waals surface area contributed by atoms with Crippen molar-refractivity contribution in [3.8, 4) is 28.4 Å². The van der Waals surface area contributed by atoms with Crippen LogP contribution in [-0.2, 0) is 31.9 Å². The molecule has 0 aliphatic carbocycles. The zero-order valence-corrected chi connectivity index (χ0v) is 35.5. The topological polar surface area (TPSA) is 46.0 Å². The molecule has 6 nitrogen and oxygen atoms in total. The van der Waals surface area contributed by atoms with Gasteiger partial charge in [-0.3, -0.25) is 4.98 Å². The molecular formula is C52H47N5OPt+2. The third-order valence-electron chi connectivity index (χ3n) is 10.3. The van der Waals surface area contributed by atoms with Gasteiger partial charge >= 0.3 is 27.1 Å². The predicted molar refractivity (Wildman–Crippen MR) is 238 cm³/mol. The van der Waals surface area contributed by atoms with Crippen LogP contribution in [-0.4, -0.2) is 20.5 Å². The SMILES string of the molecule is [2H]c1c([2H])c(C(C([2H])([2H])[2H])(C([2H])([2H])[2H])C([2H])([2H])[2H])c([2H])c([2H])c1[N+]1=C=[N+](c2[c-]c(Oc3[c-]c4c(cc3)c3ccncc3n4-c3cc(C(C)(C)C)ccn3)cc(-c3c(C)cc(C)cc3C)c2)c2ccccc21.[Pt+2]. The predicted octanol–water partition coefficient (Wildman–Crippen LogP) is 13.0. The molecule has 0 spiro atoms. The molecule has 7 heteroatoms. The molecule has 0 fully saturated rings. The van der Waals surface area contributed by atoms with Gasteiger partial charge < -0.3 is 9.30 Å². The molecule has 4 heterocycles. The molecule has 9 rings (SSSR count). The summed E-state index contributed by atoms with van der Waals surface area (Å²) in [6.07, 6.45) is 5.33. The molecule has 5 aromatic carbocycles. The zero-order chi connectivity index (χ0) is 51.5. The van der Waals surface area contributed by atoms with Gasteiger partial charge in [0.25, 0.3) is 11.4 Å².